The summed E-state index contributed by atoms with van der Waals surface area (Å²) in [6.45, 7) is 0. The summed E-state index contributed by atoms with van der Waals surface area (Å²) < 4.78 is 0. The van der Waals surface area contributed by atoms with Crippen molar-refractivity contribution >= 4 is 29.5 Å². The maximum absolute atomic E-state index is 10.7. The lowest BCUT2D eigenvalue weighted by molar-refractivity contribution is 0.112. The highest BCUT2D eigenvalue weighted by molar-refractivity contribution is 6.35. The van der Waals surface area contributed by atoms with Gasteiger partial charge in [-0.05, 0) is 18.2 Å². The van der Waals surface area contributed by atoms with Crippen LogP contribution in [-0.4, -0.2) is 16.5 Å². The molecule has 2 aromatic rings. The van der Waals surface area contributed by atoms with E-state index in [0.29, 0.717) is 26.9 Å². The van der Waals surface area contributed by atoms with Gasteiger partial charge in [0.05, 0.1) is 22.5 Å². The number of rotatable bonds is 2. The number of hydrogen-bond donors (Lipinski definition) is 1. The van der Waals surface area contributed by atoms with Crippen LogP contribution in [0.15, 0.2) is 24.4 Å². The Morgan fingerprint density at radius 1 is 1.33 bits per heavy atom. The predicted octanol–water partition coefficient (Wildman–Crippen LogP) is 3.20. The minimum absolute atomic E-state index is 0.458. The molecule has 0 fully saturated rings. The zero-order valence-electron chi connectivity index (χ0n) is 7.50. The number of aldehydes is 1. The molecule has 15 heavy (non-hydrogen) atoms. The molecular weight excluding hydrogens is 235 g/mol. The molecule has 5 heteroatoms. The minimum Gasteiger partial charge on any atom is -0.298 e. The Morgan fingerprint density at radius 2 is 2.13 bits per heavy atom. The molecule has 0 bridgehead atoms. The number of hydrogen-bond acceptors (Lipinski definition) is 2. The van der Waals surface area contributed by atoms with Gasteiger partial charge in [-0.15, -0.1) is 0 Å². The molecule has 1 aromatic carbocycles. The van der Waals surface area contributed by atoms with E-state index < -0.39 is 0 Å². The van der Waals surface area contributed by atoms with Gasteiger partial charge in [-0.3, -0.25) is 9.89 Å². The maximum atomic E-state index is 10.7. The Morgan fingerprint density at radius 3 is 2.87 bits per heavy atom. The van der Waals surface area contributed by atoms with Crippen LogP contribution in [0.25, 0.3) is 11.3 Å². The summed E-state index contributed by atoms with van der Waals surface area (Å²) in [5, 5.41) is 7.58. The number of aromatic nitrogens is 2. The fourth-order valence-corrected chi connectivity index (χ4v) is 1.67. The van der Waals surface area contributed by atoms with Crippen LogP contribution in [0.2, 0.25) is 10.0 Å². The Labute approximate surface area is 96.0 Å². The molecule has 0 saturated carbocycles. The summed E-state index contributed by atoms with van der Waals surface area (Å²) in [6.07, 6.45) is 2.16. The van der Waals surface area contributed by atoms with Gasteiger partial charge in [-0.2, -0.15) is 5.10 Å². The molecule has 0 aliphatic heterocycles. The van der Waals surface area contributed by atoms with Crippen molar-refractivity contribution in [2.45, 2.75) is 0 Å². The molecular formula is C10H6Cl2N2O. The number of carbonyl (C=O) groups excluding carboxylic acids is 1. The van der Waals surface area contributed by atoms with Crippen LogP contribution in [0.5, 0.6) is 0 Å². The average Bonchev–Trinajstić information content (AvgIpc) is 2.69. The Hall–Kier alpha value is -1.32. The van der Waals surface area contributed by atoms with Crippen LogP contribution >= 0.6 is 23.2 Å². The molecule has 1 aromatic heterocycles. The first-order chi connectivity index (χ1) is 7.22. The van der Waals surface area contributed by atoms with Gasteiger partial charge in [0.25, 0.3) is 0 Å². The second kappa shape index (κ2) is 4.04. The van der Waals surface area contributed by atoms with Gasteiger partial charge in [0.15, 0.2) is 6.29 Å². The second-order valence-electron chi connectivity index (χ2n) is 2.94. The lowest BCUT2D eigenvalue weighted by Crippen LogP contribution is -1.85. The van der Waals surface area contributed by atoms with E-state index >= 15 is 0 Å². The summed E-state index contributed by atoms with van der Waals surface area (Å²) in [5.41, 5.74) is 1.71. The topological polar surface area (TPSA) is 45.8 Å². The molecule has 0 saturated heterocycles. The summed E-state index contributed by atoms with van der Waals surface area (Å²) in [5.74, 6) is 0. The molecule has 1 heterocycles. The number of nitrogens with one attached hydrogen (secondary N) is 1. The van der Waals surface area contributed by atoms with Crippen molar-refractivity contribution in [3.63, 3.8) is 0 Å². The number of H-pyrrole nitrogens is 1. The third-order valence-electron chi connectivity index (χ3n) is 1.99. The van der Waals surface area contributed by atoms with Gasteiger partial charge in [0, 0.05) is 10.6 Å². The summed E-state index contributed by atoms with van der Waals surface area (Å²) in [4.78, 5) is 10.7. The third-order valence-corrected chi connectivity index (χ3v) is 2.56. The lowest BCUT2D eigenvalue weighted by Gasteiger charge is -2.02. The van der Waals surface area contributed by atoms with Crippen molar-refractivity contribution in [2.24, 2.45) is 0 Å². The van der Waals surface area contributed by atoms with Gasteiger partial charge in [0.2, 0.25) is 0 Å². The fraction of sp³-hybridized carbons (Fsp3) is 0. The molecule has 0 radical (unpaired) electrons. The Kier molecular flexibility index (Phi) is 2.75. The van der Waals surface area contributed by atoms with Crippen molar-refractivity contribution in [1.82, 2.24) is 10.2 Å². The van der Waals surface area contributed by atoms with E-state index in [0.717, 1.165) is 6.29 Å². The number of aromatic amines is 1. The van der Waals surface area contributed by atoms with E-state index in [1.807, 2.05) is 0 Å². The number of benzene rings is 1. The van der Waals surface area contributed by atoms with Crippen molar-refractivity contribution in [3.8, 4) is 11.3 Å². The van der Waals surface area contributed by atoms with Crippen LogP contribution in [0.1, 0.15) is 10.4 Å². The van der Waals surface area contributed by atoms with E-state index in [9.17, 15) is 4.79 Å². The van der Waals surface area contributed by atoms with Crippen LogP contribution in [0, 0.1) is 0 Å². The van der Waals surface area contributed by atoms with Crippen LogP contribution in [0.4, 0.5) is 0 Å². The average molecular weight is 241 g/mol. The highest BCUT2D eigenvalue weighted by Gasteiger charge is 2.10. The largest absolute Gasteiger partial charge is 0.298 e. The molecule has 0 unspecified atom stereocenters. The smallest absolute Gasteiger partial charge is 0.153 e. The van der Waals surface area contributed by atoms with Crippen molar-refractivity contribution < 1.29 is 4.79 Å². The van der Waals surface area contributed by atoms with Gasteiger partial charge in [0.1, 0.15) is 0 Å². The van der Waals surface area contributed by atoms with E-state index in [4.69, 9.17) is 23.2 Å². The molecule has 2 rings (SSSR count). The molecule has 76 valence electrons. The van der Waals surface area contributed by atoms with E-state index in [2.05, 4.69) is 10.2 Å². The molecule has 0 spiro atoms. The number of nitrogens with zero attached hydrogens (tertiary/aromatic N) is 1. The summed E-state index contributed by atoms with van der Waals surface area (Å²) in [7, 11) is 0. The molecule has 1 N–H and O–H groups in total. The Balaban J connectivity index is 2.62. The summed E-state index contributed by atoms with van der Waals surface area (Å²) in [6, 6.07) is 5.05. The molecule has 0 amide bonds. The van der Waals surface area contributed by atoms with Gasteiger partial charge in [-0.1, -0.05) is 23.2 Å². The Bertz CT molecular complexity index is 508. The van der Waals surface area contributed by atoms with Crippen LogP contribution in [0.3, 0.4) is 0 Å². The van der Waals surface area contributed by atoms with E-state index in [1.54, 1.807) is 18.2 Å². The number of carbonyl (C=O) groups is 1. The van der Waals surface area contributed by atoms with Gasteiger partial charge < -0.3 is 0 Å². The highest BCUT2D eigenvalue weighted by Crippen LogP contribution is 2.30. The lowest BCUT2D eigenvalue weighted by atomic mass is 10.1. The normalized spacial score (nSPS) is 10.3. The monoisotopic (exact) mass is 240 g/mol. The number of halogens is 2. The van der Waals surface area contributed by atoms with Gasteiger partial charge >= 0.3 is 0 Å². The third kappa shape index (κ3) is 1.89. The highest BCUT2D eigenvalue weighted by atomic mass is 35.5. The minimum atomic E-state index is 0.458. The first-order valence-corrected chi connectivity index (χ1v) is 4.92. The molecule has 0 aliphatic rings. The molecule has 0 atom stereocenters. The van der Waals surface area contributed by atoms with Crippen LogP contribution < -0.4 is 0 Å². The first kappa shape index (κ1) is 10.2. The first-order valence-electron chi connectivity index (χ1n) is 4.16. The van der Waals surface area contributed by atoms with E-state index in [-0.39, 0.29) is 0 Å². The zero-order valence-corrected chi connectivity index (χ0v) is 9.01. The standard InChI is InChI=1S/C10H6Cl2N2O/c11-7-1-2-9(12)8(3-7)10-6(5-15)4-13-14-10/h1-5H,(H,13,14). The maximum Gasteiger partial charge on any atom is 0.153 e. The fourth-order valence-electron chi connectivity index (χ4n) is 1.29. The van der Waals surface area contributed by atoms with Crippen molar-refractivity contribution in [3.05, 3.63) is 40.0 Å². The van der Waals surface area contributed by atoms with E-state index in [1.165, 1.54) is 6.20 Å². The van der Waals surface area contributed by atoms with Gasteiger partial charge in [-0.25, -0.2) is 0 Å². The second-order valence-corrected chi connectivity index (χ2v) is 3.79. The molecule has 3 nitrogen and oxygen atoms in total. The summed E-state index contributed by atoms with van der Waals surface area (Å²) >= 11 is 11.8. The quantitative estimate of drug-likeness (QED) is 0.820. The predicted molar refractivity (Wildman–Crippen MR) is 59.4 cm³/mol. The van der Waals surface area contributed by atoms with Crippen molar-refractivity contribution in [1.29, 1.82) is 0 Å². The molecule has 0 aliphatic carbocycles. The SMILES string of the molecule is O=Cc1cn[nH]c1-c1cc(Cl)ccc1Cl. The van der Waals surface area contributed by atoms with Crippen LogP contribution in [-0.2, 0) is 0 Å². The van der Waals surface area contributed by atoms with Crippen molar-refractivity contribution in [2.75, 3.05) is 0 Å². The zero-order chi connectivity index (χ0) is 10.8.